The first-order valence-electron chi connectivity index (χ1n) is 14.7. The van der Waals surface area contributed by atoms with Crippen molar-refractivity contribution in [3.05, 3.63) is 29.6 Å². The Morgan fingerprint density at radius 2 is 1.70 bits per heavy atom. The molecular formula is C29H43N7O7S. The van der Waals surface area contributed by atoms with Gasteiger partial charge in [0.25, 0.3) is 5.91 Å². The molecule has 44 heavy (non-hydrogen) atoms. The van der Waals surface area contributed by atoms with Crippen LogP contribution >= 0.6 is 11.3 Å². The van der Waals surface area contributed by atoms with Gasteiger partial charge in [-0.1, -0.05) is 25.0 Å². The zero-order valence-electron chi connectivity index (χ0n) is 24.9. The van der Waals surface area contributed by atoms with Gasteiger partial charge in [0.1, 0.15) is 37.0 Å². The Morgan fingerprint density at radius 3 is 2.36 bits per heavy atom. The normalized spacial score (nSPS) is 19.2. The quantitative estimate of drug-likeness (QED) is 0.107. The molecule has 0 spiro atoms. The van der Waals surface area contributed by atoms with Crippen molar-refractivity contribution >= 4 is 45.9 Å². The van der Waals surface area contributed by atoms with Gasteiger partial charge in [-0.25, -0.2) is 4.98 Å². The van der Waals surface area contributed by atoms with E-state index >= 15 is 0 Å². The molecule has 0 radical (unpaired) electrons. The van der Waals surface area contributed by atoms with Gasteiger partial charge in [0, 0.05) is 30.0 Å². The van der Waals surface area contributed by atoms with E-state index in [4.69, 9.17) is 37.1 Å². The second-order valence-electron chi connectivity index (χ2n) is 10.6. The van der Waals surface area contributed by atoms with Gasteiger partial charge >= 0.3 is 11.9 Å². The second-order valence-corrected chi connectivity index (χ2v) is 11.4. The molecule has 0 unspecified atom stereocenters. The highest BCUT2D eigenvalue weighted by molar-refractivity contribution is 7.14. The molecule has 0 bridgehead atoms. The van der Waals surface area contributed by atoms with E-state index in [0.29, 0.717) is 55.3 Å². The molecule has 14 nitrogen and oxygen atoms in total. The molecule has 1 aliphatic heterocycles. The van der Waals surface area contributed by atoms with E-state index in [2.05, 4.69) is 15.6 Å². The summed E-state index contributed by atoms with van der Waals surface area (Å²) in [7, 11) is 0. The standard InChI is InChI=1S/C29H43N7O7S/c1-17(37)34-29-36-22(16-44-29)18-7-6-8-19(13-18)35-26(38)24-14-23(43-28(40)21(33)10-3-5-12-31)25(42-24)15-41-27(39)20(32)9-2-4-11-30/h6-8,13,16,20-21,23-25H,2-5,9-12,14-15,30-33H2,1H3,(H,35,38)(H,34,36,37)/t20-,21-,23-,24+,25+/m0/s1. The van der Waals surface area contributed by atoms with Gasteiger partial charge in [-0.2, -0.15) is 0 Å². The van der Waals surface area contributed by atoms with Crippen molar-refractivity contribution in [3.63, 3.8) is 0 Å². The van der Waals surface area contributed by atoms with Crippen LogP contribution in [0.3, 0.4) is 0 Å². The number of esters is 2. The highest BCUT2D eigenvalue weighted by Gasteiger charge is 2.42. The lowest BCUT2D eigenvalue weighted by Crippen LogP contribution is -2.40. The number of aromatic nitrogens is 1. The predicted molar refractivity (Wildman–Crippen MR) is 166 cm³/mol. The van der Waals surface area contributed by atoms with Crippen LogP contribution < -0.4 is 33.6 Å². The third-order valence-electron chi connectivity index (χ3n) is 6.91. The molecule has 15 heteroatoms. The average molecular weight is 634 g/mol. The number of thiazole rings is 1. The van der Waals surface area contributed by atoms with E-state index in [0.717, 1.165) is 18.4 Å². The first-order valence-corrected chi connectivity index (χ1v) is 15.6. The summed E-state index contributed by atoms with van der Waals surface area (Å²) >= 11 is 1.28. The largest absolute Gasteiger partial charge is 0.462 e. The van der Waals surface area contributed by atoms with Gasteiger partial charge in [-0.15, -0.1) is 11.3 Å². The molecule has 2 amide bonds. The Balaban J connectivity index is 1.66. The number of nitrogens with two attached hydrogens (primary N) is 4. The molecule has 0 saturated carbocycles. The van der Waals surface area contributed by atoms with E-state index in [1.54, 1.807) is 23.6 Å². The third-order valence-corrected chi connectivity index (χ3v) is 7.66. The Bertz CT molecular complexity index is 1260. The lowest BCUT2D eigenvalue weighted by Gasteiger charge is -2.21. The summed E-state index contributed by atoms with van der Waals surface area (Å²) in [6, 6.07) is 5.33. The molecule has 1 saturated heterocycles. The van der Waals surface area contributed by atoms with Crippen molar-refractivity contribution in [3.8, 4) is 11.3 Å². The van der Waals surface area contributed by atoms with E-state index < -0.39 is 48.2 Å². The number of unbranched alkanes of at least 4 members (excludes halogenated alkanes) is 2. The van der Waals surface area contributed by atoms with Crippen LogP contribution in [-0.4, -0.2) is 78.8 Å². The maximum absolute atomic E-state index is 13.3. The number of hydrogen-bond acceptors (Lipinski definition) is 13. The molecule has 0 aliphatic carbocycles. The van der Waals surface area contributed by atoms with Crippen molar-refractivity contribution < 1.29 is 33.4 Å². The van der Waals surface area contributed by atoms with Gasteiger partial charge in [-0.3, -0.25) is 19.2 Å². The topological polar surface area (TPSA) is 237 Å². The minimum Gasteiger partial charge on any atom is -0.462 e. The van der Waals surface area contributed by atoms with Crippen molar-refractivity contribution in [2.75, 3.05) is 30.3 Å². The summed E-state index contributed by atoms with van der Waals surface area (Å²) in [6.07, 6.45) is 0.852. The van der Waals surface area contributed by atoms with Crippen molar-refractivity contribution in [1.29, 1.82) is 0 Å². The summed E-state index contributed by atoms with van der Waals surface area (Å²) in [6.45, 7) is 2.13. The van der Waals surface area contributed by atoms with Gasteiger partial charge in [0.2, 0.25) is 5.91 Å². The fourth-order valence-electron chi connectivity index (χ4n) is 4.51. The molecule has 2 heterocycles. The number of carbonyl (C=O) groups is 4. The first-order chi connectivity index (χ1) is 21.1. The van der Waals surface area contributed by atoms with E-state index in [1.165, 1.54) is 18.3 Å². The number of carbonyl (C=O) groups excluding carboxylic acids is 4. The van der Waals surface area contributed by atoms with Gasteiger partial charge in [0.05, 0.1) is 5.69 Å². The molecule has 1 aromatic heterocycles. The number of rotatable bonds is 17. The van der Waals surface area contributed by atoms with Crippen LogP contribution in [0.4, 0.5) is 10.8 Å². The Morgan fingerprint density at radius 1 is 1.02 bits per heavy atom. The number of ether oxygens (including phenoxy) is 3. The average Bonchev–Trinajstić information content (AvgIpc) is 3.63. The first kappa shape index (κ1) is 35.0. The molecule has 10 N–H and O–H groups in total. The second kappa shape index (κ2) is 17.7. The predicted octanol–water partition coefficient (Wildman–Crippen LogP) is 1.23. The van der Waals surface area contributed by atoms with Crippen LogP contribution in [-0.2, 0) is 33.4 Å². The molecule has 5 atom stereocenters. The zero-order valence-corrected chi connectivity index (χ0v) is 25.7. The number of hydrogen-bond donors (Lipinski definition) is 6. The SMILES string of the molecule is CC(=O)Nc1nc(-c2cccc(NC(=O)[C@H]3C[C@H](OC(=O)[C@@H](N)CCCCN)[C@@H](COC(=O)[C@@H](N)CCCCN)O3)c2)cs1. The fourth-order valence-corrected chi connectivity index (χ4v) is 5.28. The van der Waals surface area contributed by atoms with Crippen LogP contribution in [0.5, 0.6) is 0 Å². The maximum atomic E-state index is 13.3. The summed E-state index contributed by atoms with van der Waals surface area (Å²) in [5.74, 6) is -1.96. The Labute approximate surface area is 260 Å². The molecule has 1 fully saturated rings. The third kappa shape index (κ3) is 10.9. The van der Waals surface area contributed by atoms with E-state index in [9.17, 15) is 19.2 Å². The minimum absolute atomic E-state index is 0.0315. The lowest BCUT2D eigenvalue weighted by molar-refractivity contribution is -0.159. The molecule has 242 valence electrons. The van der Waals surface area contributed by atoms with Crippen molar-refractivity contribution in [1.82, 2.24) is 4.98 Å². The molecule has 3 rings (SSSR count). The summed E-state index contributed by atoms with van der Waals surface area (Å²) in [5.41, 5.74) is 24.8. The lowest BCUT2D eigenvalue weighted by atomic mass is 10.1. The summed E-state index contributed by atoms with van der Waals surface area (Å²) < 4.78 is 17.0. The highest BCUT2D eigenvalue weighted by atomic mass is 32.1. The summed E-state index contributed by atoms with van der Waals surface area (Å²) in [5, 5.41) is 7.72. The van der Waals surface area contributed by atoms with Gasteiger partial charge < -0.3 is 47.8 Å². The monoisotopic (exact) mass is 633 g/mol. The van der Waals surface area contributed by atoms with Crippen LogP contribution in [0.25, 0.3) is 11.3 Å². The number of anilines is 2. The fraction of sp³-hybridized carbons (Fsp3) is 0.552. The van der Waals surface area contributed by atoms with Crippen molar-refractivity contribution in [2.24, 2.45) is 22.9 Å². The van der Waals surface area contributed by atoms with Crippen molar-refractivity contribution in [2.45, 2.75) is 82.3 Å². The highest BCUT2D eigenvalue weighted by Crippen LogP contribution is 2.29. The van der Waals surface area contributed by atoms with Gasteiger partial charge in [-0.05, 0) is 50.9 Å². The smallest absolute Gasteiger partial charge is 0.323 e. The molecule has 1 aromatic carbocycles. The number of nitrogens with one attached hydrogen (secondary N) is 2. The van der Waals surface area contributed by atoms with Crippen LogP contribution in [0.2, 0.25) is 0 Å². The van der Waals surface area contributed by atoms with E-state index in [-0.39, 0.29) is 18.9 Å². The van der Waals surface area contributed by atoms with Crippen LogP contribution in [0.1, 0.15) is 51.9 Å². The molecule has 2 aromatic rings. The minimum atomic E-state index is -1.00. The Kier molecular flexibility index (Phi) is 14.1. The molecular weight excluding hydrogens is 590 g/mol. The van der Waals surface area contributed by atoms with Crippen LogP contribution in [0, 0.1) is 0 Å². The van der Waals surface area contributed by atoms with E-state index in [1.807, 2.05) is 6.07 Å². The van der Waals surface area contributed by atoms with Crippen LogP contribution in [0.15, 0.2) is 29.6 Å². The number of nitrogens with zero attached hydrogens (tertiary/aromatic N) is 1. The molecule has 1 aliphatic rings. The Hall–Kier alpha value is -3.47. The van der Waals surface area contributed by atoms with Gasteiger partial charge in [0.15, 0.2) is 5.13 Å². The maximum Gasteiger partial charge on any atom is 0.323 e. The number of amides is 2. The zero-order chi connectivity index (χ0) is 32.1. The number of benzene rings is 1. The summed E-state index contributed by atoms with van der Waals surface area (Å²) in [4.78, 5) is 54.2.